The van der Waals surface area contributed by atoms with Gasteiger partial charge in [0.15, 0.2) is 0 Å². The largest absolute Gasteiger partial charge is 0.326 e. The van der Waals surface area contributed by atoms with Crippen molar-refractivity contribution in [3.05, 3.63) is 71.0 Å². The molecule has 0 aliphatic heterocycles. The summed E-state index contributed by atoms with van der Waals surface area (Å²) in [6.07, 6.45) is 0. The Kier molecular flexibility index (Phi) is 4.66. The van der Waals surface area contributed by atoms with Crippen LogP contribution in [0.25, 0.3) is 0 Å². The minimum atomic E-state index is -0.217. The summed E-state index contributed by atoms with van der Waals surface area (Å²) in [5, 5.41) is 0. The van der Waals surface area contributed by atoms with Crippen molar-refractivity contribution in [1.82, 2.24) is 4.90 Å². The van der Waals surface area contributed by atoms with Gasteiger partial charge in [-0.2, -0.15) is 0 Å². The number of benzene rings is 2. The van der Waals surface area contributed by atoms with Crippen LogP contribution in [0.4, 0.5) is 4.39 Å². The maximum absolute atomic E-state index is 13.4. The lowest BCUT2D eigenvalue weighted by Crippen LogP contribution is -2.17. The van der Waals surface area contributed by atoms with E-state index in [1.165, 1.54) is 11.6 Å². The predicted octanol–water partition coefficient (Wildman–Crippen LogP) is 2.92. The van der Waals surface area contributed by atoms with Crippen molar-refractivity contribution < 1.29 is 4.39 Å². The zero-order chi connectivity index (χ0) is 13.7. The quantitative estimate of drug-likeness (QED) is 0.893. The van der Waals surface area contributed by atoms with Gasteiger partial charge in [0.1, 0.15) is 5.82 Å². The van der Waals surface area contributed by atoms with Gasteiger partial charge in [-0.05, 0) is 35.9 Å². The number of halogens is 1. The van der Waals surface area contributed by atoms with Crippen LogP contribution in [0.5, 0.6) is 0 Å². The molecule has 0 saturated heterocycles. The number of hydrogen-bond donors (Lipinski definition) is 1. The molecule has 0 aliphatic rings. The van der Waals surface area contributed by atoms with Crippen LogP contribution in [-0.4, -0.2) is 11.9 Å². The second kappa shape index (κ2) is 6.45. The lowest BCUT2D eigenvalue weighted by molar-refractivity contribution is 0.318. The van der Waals surface area contributed by atoms with Crippen LogP contribution in [0.15, 0.2) is 48.5 Å². The summed E-state index contributed by atoms with van der Waals surface area (Å²) in [6.45, 7) is 1.92. The van der Waals surface area contributed by atoms with Crippen LogP contribution in [0.3, 0.4) is 0 Å². The second-order valence-electron chi connectivity index (χ2n) is 4.83. The average molecular weight is 258 g/mol. The first-order valence-electron chi connectivity index (χ1n) is 6.38. The molecule has 0 aliphatic carbocycles. The van der Waals surface area contributed by atoms with Gasteiger partial charge in [0.25, 0.3) is 0 Å². The lowest BCUT2D eigenvalue weighted by Gasteiger charge is -2.17. The van der Waals surface area contributed by atoms with Crippen LogP contribution >= 0.6 is 0 Å². The number of hydrogen-bond acceptors (Lipinski definition) is 2. The molecule has 0 fully saturated rings. The summed E-state index contributed by atoms with van der Waals surface area (Å²) in [6, 6.07) is 15.3. The molecule has 0 heterocycles. The lowest BCUT2D eigenvalue weighted by atomic mass is 10.1. The molecular formula is C16H19FN2. The first-order valence-corrected chi connectivity index (χ1v) is 6.38. The van der Waals surface area contributed by atoms with E-state index in [4.69, 9.17) is 5.73 Å². The highest BCUT2D eigenvalue weighted by atomic mass is 19.1. The maximum Gasteiger partial charge on any atom is 0.123 e. The fourth-order valence-electron chi connectivity index (χ4n) is 2.19. The molecule has 2 aromatic carbocycles. The SMILES string of the molecule is CN(Cc1ccccc1)Cc1cc(F)cc(CN)c1. The zero-order valence-electron chi connectivity index (χ0n) is 11.1. The Labute approximate surface area is 113 Å². The van der Waals surface area contributed by atoms with Crippen LogP contribution in [0.1, 0.15) is 16.7 Å². The predicted molar refractivity (Wildman–Crippen MR) is 75.9 cm³/mol. The van der Waals surface area contributed by atoms with Crippen LogP contribution in [0.2, 0.25) is 0 Å². The molecule has 100 valence electrons. The van der Waals surface area contributed by atoms with Crippen LogP contribution in [-0.2, 0) is 19.6 Å². The topological polar surface area (TPSA) is 29.3 Å². The van der Waals surface area contributed by atoms with Gasteiger partial charge in [-0.15, -0.1) is 0 Å². The van der Waals surface area contributed by atoms with Gasteiger partial charge in [0.05, 0.1) is 0 Å². The highest BCUT2D eigenvalue weighted by molar-refractivity contribution is 5.24. The smallest absolute Gasteiger partial charge is 0.123 e. The molecule has 3 heteroatoms. The van der Waals surface area contributed by atoms with E-state index in [0.29, 0.717) is 13.1 Å². The van der Waals surface area contributed by atoms with E-state index in [1.54, 1.807) is 6.07 Å². The Balaban J connectivity index is 2.02. The van der Waals surface area contributed by atoms with E-state index < -0.39 is 0 Å². The summed E-state index contributed by atoms with van der Waals surface area (Å²) in [5.41, 5.74) is 8.61. The standard InChI is InChI=1S/C16H19FN2/c1-19(11-13-5-3-2-4-6-13)12-15-7-14(10-18)8-16(17)9-15/h2-9H,10-12,18H2,1H3. The van der Waals surface area contributed by atoms with E-state index in [1.807, 2.05) is 31.3 Å². The van der Waals surface area contributed by atoms with E-state index in [9.17, 15) is 4.39 Å². The molecule has 0 unspecified atom stereocenters. The van der Waals surface area contributed by atoms with Gasteiger partial charge in [0.2, 0.25) is 0 Å². The summed E-state index contributed by atoms with van der Waals surface area (Å²) >= 11 is 0. The highest BCUT2D eigenvalue weighted by Gasteiger charge is 2.04. The van der Waals surface area contributed by atoms with Crippen molar-refractivity contribution in [2.45, 2.75) is 19.6 Å². The Morgan fingerprint density at radius 1 is 0.947 bits per heavy atom. The Hall–Kier alpha value is -1.71. The molecule has 2 aromatic rings. The molecule has 0 amide bonds. The monoisotopic (exact) mass is 258 g/mol. The number of nitrogens with zero attached hydrogens (tertiary/aromatic N) is 1. The molecule has 0 spiro atoms. The third kappa shape index (κ3) is 4.16. The van der Waals surface area contributed by atoms with Crippen LogP contribution in [0, 0.1) is 5.82 Å². The Morgan fingerprint density at radius 2 is 1.58 bits per heavy atom. The first kappa shape index (κ1) is 13.7. The van der Waals surface area contributed by atoms with Gasteiger partial charge < -0.3 is 5.73 Å². The summed E-state index contributed by atoms with van der Waals surface area (Å²) in [4.78, 5) is 2.16. The van der Waals surface area contributed by atoms with Gasteiger partial charge in [0, 0.05) is 19.6 Å². The summed E-state index contributed by atoms with van der Waals surface area (Å²) in [5.74, 6) is -0.217. The zero-order valence-corrected chi connectivity index (χ0v) is 11.1. The molecule has 2 N–H and O–H groups in total. The fourth-order valence-corrected chi connectivity index (χ4v) is 2.19. The molecule has 0 aromatic heterocycles. The number of rotatable bonds is 5. The summed E-state index contributed by atoms with van der Waals surface area (Å²) in [7, 11) is 2.03. The van der Waals surface area contributed by atoms with Gasteiger partial charge >= 0.3 is 0 Å². The van der Waals surface area contributed by atoms with E-state index in [2.05, 4.69) is 17.0 Å². The normalized spacial score (nSPS) is 10.9. The molecular weight excluding hydrogens is 239 g/mol. The third-order valence-electron chi connectivity index (χ3n) is 3.00. The molecule has 0 saturated carbocycles. The Bertz CT molecular complexity index is 526. The molecule has 2 rings (SSSR count). The summed E-state index contributed by atoms with van der Waals surface area (Å²) < 4.78 is 13.4. The van der Waals surface area contributed by atoms with Crippen molar-refractivity contribution in [2.24, 2.45) is 5.73 Å². The van der Waals surface area contributed by atoms with Crippen molar-refractivity contribution in [2.75, 3.05) is 7.05 Å². The van der Waals surface area contributed by atoms with Crippen LogP contribution < -0.4 is 5.73 Å². The molecule has 19 heavy (non-hydrogen) atoms. The Morgan fingerprint density at radius 3 is 2.26 bits per heavy atom. The van der Waals surface area contributed by atoms with E-state index >= 15 is 0 Å². The molecule has 0 atom stereocenters. The average Bonchev–Trinajstić information content (AvgIpc) is 2.38. The molecule has 0 radical (unpaired) electrons. The molecule has 2 nitrogen and oxygen atoms in total. The van der Waals surface area contributed by atoms with E-state index in [0.717, 1.165) is 17.7 Å². The minimum Gasteiger partial charge on any atom is -0.326 e. The van der Waals surface area contributed by atoms with Crippen molar-refractivity contribution in [3.8, 4) is 0 Å². The minimum absolute atomic E-state index is 0.217. The first-order chi connectivity index (χ1) is 9.17. The molecule has 0 bridgehead atoms. The number of nitrogens with two attached hydrogens (primary N) is 1. The van der Waals surface area contributed by atoms with Gasteiger partial charge in [-0.1, -0.05) is 36.4 Å². The van der Waals surface area contributed by atoms with Gasteiger partial charge in [-0.25, -0.2) is 4.39 Å². The van der Waals surface area contributed by atoms with E-state index in [-0.39, 0.29) is 5.82 Å². The maximum atomic E-state index is 13.4. The second-order valence-corrected chi connectivity index (χ2v) is 4.83. The van der Waals surface area contributed by atoms with Gasteiger partial charge in [-0.3, -0.25) is 4.90 Å². The fraction of sp³-hybridized carbons (Fsp3) is 0.250. The van der Waals surface area contributed by atoms with Crippen molar-refractivity contribution >= 4 is 0 Å². The third-order valence-corrected chi connectivity index (χ3v) is 3.00. The highest BCUT2D eigenvalue weighted by Crippen LogP contribution is 2.12. The van der Waals surface area contributed by atoms with Crippen molar-refractivity contribution in [1.29, 1.82) is 0 Å². The van der Waals surface area contributed by atoms with Crippen molar-refractivity contribution in [3.63, 3.8) is 0 Å².